The molecule has 0 atom stereocenters. The summed E-state index contributed by atoms with van der Waals surface area (Å²) in [5, 5.41) is 0. The Kier molecular flexibility index (Phi) is 7.82. The third kappa shape index (κ3) is 6.20. The number of carbonyl (C=O) groups excluding carboxylic acids is 2. The summed E-state index contributed by atoms with van der Waals surface area (Å²) in [6.45, 7) is 11.4. The molecular formula is C28H27NO4. The van der Waals surface area contributed by atoms with Crippen molar-refractivity contribution >= 4 is 29.0 Å². The number of carbonyl (C=O) groups is 2. The van der Waals surface area contributed by atoms with Crippen LogP contribution in [0.25, 0.3) is 0 Å². The summed E-state index contributed by atoms with van der Waals surface area (Å²) in [5.41, 5.74) is 7.12. The van der Waals surface area contributed by atoms with Gasteiger partial charge in [0, 0.05) is 29.2 Å². The highest BCUT2D eigenvalue weighted by atomic mass is 16.5. The minimum atomic E-state index is -0.449. The van der Waals surface area contributed by atoms with Gasteiger partial charge in [0.2, 0.25) is 0 Å². The fourth-order valence-corrected chi connectivity index (χ4v) is 3.22. The van der Waals surface area contributed by atoms with Gasteiger partial charge in [-0.2, -0.15) is 0 Å². The standard InChI is InChI=1S/C28H27NO4/c1-5-27(30)32-18-22-8-13-24(14-9-22)29(26-12-7-20(3)21(4)17-26)25-15-10-23(11-16-25)19-33-28(31)6-2/h5-17H,1-2,18-19H2,3-4H3. The molecule has 3 rings (SSSR count). The Morgan fingerprint density at radius 2 is 1.12 bits per heavy atom. The SMILES string of the molecule is C=CC(=O)OCc1ccc(N(c2ccc(COC(=O)C=C)cc2)c2ccc(C)c(C)c2)cc1. The van der Waals surface area contributed by atoms with Crippen molar-refractivity contribution in [2.75, 3.05) is 4.90 Å². The fourth-order valence-electron chi connectivity index (χ4n) is 3.22. The van der Waals surface area contributed by atoms with Crippen LogP contribution in [0.15, 0.2) is 92.0 Å². The van der Waals surface area contributed by atoms with Crippen LogP contribution in [0.5, 0.6) is 0 Å². The molecule has 0 N–H and O–H groups in total. The van der Waals surface area contributed by atoms with Crippen molar-refractivity contribution in [2.24, 2.45) is 0 Å². The molecule has 0 saturated heterocycles. The van der Waals surface area contributed by atoms with Gasteiger partial charge in [0.25, 0.3) is 0 Å². The second-order valence-electron chi connectivity index (χ2n) is 7.56. The summed E-state index contributed by atoms with van der Waals surface area (Å²) >= 11 is 0. The first-order valence-corrected chi connectivity index (χ1v) is 10.5. The van der Waals surface area contributed by atoms with E-state index in [1.807, 2.05) is 48.5 Å². The average molecular weight is 442 g/mol. The lowest BCUT2D eigenvalue weighted by atomic mass is 10.1. The summed E-state index contributed by atoms with van der Waals surface area (Å²) in [4.78, 5) is 24.8. The smallest absolute Gasteiger partial charge is 0.330 e. The van der Waals surface area contributed by atoms with Crippen LogP contribution < -0.4 is 4.90 Å². The van der Waals surface area contributed by atoms with Crippen molar-refractivity contribution in [3.8, 4) is 0 Å². The molecule has 33 heavy (non-hydrogen) atoms. The van der Waals surface area contributed by atoms with E-state index < -0.39 is 11.9 Å². The molecule has 3 aromatic rings. The van der Waals surface area contributed by atoms with Gasteiger partial charge in [-0.3, -0.25) is 0 Å². The second kappa shape index (κ2) is 11.0. The number of hydrogen-bond donors (Lipinski definition) is 0. The van der Waals surface area contributed by atoms with Gasteiger partial charge in [-0.1, -0.05) is 43.5 Å². The first kappa shape index (κ1) is 23.5. The molecule has 0 aliphatic heterocycles. The van der Waals surface area contributed by atoms with E-state index in [0.717, 1.165) is 40.3 Å². The quantitative estimate of drug-likeness (QED) is 0.291. The normalized spacial score (nSPS) is 10.2. The van der Waals surface area contributed by atoms with Crippen molar-refractivity contribution in [3.63, 3.8) is 0 Å². The molecule has 0 aromatic heterocycles. The molecule has 0 spiro atoms. The number of esters is 2. The first-order chi connectivity index (χ1) is 15.9. The average Bonchev–Trinajstić information content (AvgIpc) is 2.84. The maximum absolute atomic E-state index is 11.3. The lowest BCUT2D eigenvalue weighted by molar-refractivity contribution is -0.139. The zero-order valence-corrected chi connectivity index (χ0v) is 18.9. The zero-order valence-electron chi connectivity index (χ0n) is 18.9. The van der Waals surface area contributed by atoms with Crippen LogP contribution in [0, 0.1) is 13.8 Å². The Morgan fingerprint density at radius 3 is 1.52 bits per heavy atom. The molecule has 0 bridgehead atoms. The van der Waals surface area contributed by atoms with E-state index in [4.69, 9.17) is 9.47 Å². The lowest BCUT2D eigenvalue weighted by Gasteiger charge is -2.26. The zero-order chi connectivity index (χ0) is 23.8. The van der Waals surface area contributed by atoms with Crippen molar-refractivity contribution < 1.29 is 19.1 Å². The van der Waals surface area contributed by atoms with Crippen LogP contribution in [-0.2, 0) is 32.3 Å². The number of nitrogens with zero attached hydrogens (tertiary/aromatic N) is 1. The molecular weight excluding hydrogens is 414 g/mol. The van der Waals surface area contributed by atoms with E-state index in [0.29, 0.717) is 0 Å². The molecule has 3 aromatic carbocycles. The van der Waals surface area contributed by atoms with Gasteiger partial charge in [0.1, 0.15) is 13.2 Å². The topological polar surface area (TPSA) is 55.8 Å². The Hall–Kier alpha value is -4.12. The predicted octanol–water partition coefficient (Wildman–Crippen LogP) is 6.23. The molecule has 0 fully saturated rings. The fraction of sp³-hybridized carbons (Fsp3) is 0.143. The molecule has 0 aliphatic carbocycles. The largest absolute Gasteiger partial charge is 0.458 e. The van der Waals surface area contributed by atoms with Gasteiger partial charge in [-0.15, -0.1) is 0 Å². The van der Waals surface area contributed by atoms with E-state index >= 15 is 0 Å². The Balaban J connectivity index is 1.91. The maximum atomic E-state index is 11.3. The van der Waals surface area contributed by atoms with Crippen LogP contribution in [0.1, 0.15) is 22.3 Å². The monoisotopic (exact) mass is 441 g/mol. The number of aryl methyl sites for hydroxylation is 2. The molecule has 0 heterocycles. The number of ether oxygens (including phenoxy) is 2. The van der Waals surface area contributed by atoms with Gasteiger partial charge >= 0.3 is 11.9 Å². The summed E-state index contributed by atoms with van der Waals surface area (Å²) in [6.07, 6.45) is 2.30. The van der Waals surface area contributed by atoms with Crippen molar-refractivity contribution in [3.05, 3.63) is 114 Å². The van der Waals surface area contributed by atoms with Gasteiger partial charge in [0.05, 0.1) is 0 Å². The Labute approximate surface area is 194 Å². The summed E-state index contributed by atoms with van der Waals surface area (Å²) in [7, 11) is 0. The van der Waals surface area contributed by atoms with Gasteiger partial charge in [0.15, 0.2) is 0 Å². The highest BCUT2D eigenvalue weighted by Crippen LogP contribution is 2.35. The van der Waals surface area contributed by atoms with E-state index in [9.17, 15) is 9.59 Å². The molecule has 0 unspecified atom stereocenters. The van der Waals surface area contributed by atoms with Gasteiger partial charge in [-0.05, 0) is 72.5 Å². The van der Waals surface area contributed by atoms with Crippen LogP contribution in [0.3, 0.4) is 0 Å². The number of anilines is 3. The molecule has 5 heteroatoms. The van der Waals surface area contributed by atoms with Crippen molar-refractivity contribution in [2.45, 2.75) is 27.1 Å². The number of hydrogen-bond acceptors (Lipinski definition) is 5. The summed E-state index contributed by atoms with van der Waals surface area (Å²) in [6, 6.07) is 22.0. The second-order valence-corrected chi connectivity index (χ2v) is 7.56. The third-order valence-corrected chi connectivity index (χ3v) is 5.23. The number of rotatable bonds is 9. The molecule has 5 nitrogen and oxygen atoms in total. The third-order valence-electron chi connectivity index (χ3n) is 5.23. The van der Waals surface area contributed by atoms with Gasteiger partial charge < -0.3 is 14.4 Å². The Bertz CT molecular complexity index is 1080. The molecule has 0 saturated carbocycles. The molecule has 168 valence electrons. The molecule has 0 amide bonds. The maximum Gasteiger partial charge on any atom is 0.330 e. The van der Waals surface area contributed by atoms with Crippen LogP contribution >= 0.6 is 0 Å². The summed E-state index contributed by atoms with van der Waals surface area (Å²) in [5.74, 6) is -0.899. The minimum absolute atomic E-state index is 0.187. The van der Waals surface area contributed by atoms with E-state index in [-0.39, 0.29) is 13.2 Å². The van der Waals surface area contributed by atoms with Gasteiger partial charge in [-0.25, -0.2) is 9.59 Å². The predicted molar refractivity (Wildman–Crippen MR) is 131 cm³/mol. The lowest BCUT2D eigenvalue weighted by Crippen LogP contribution is -2.11. The van der Waals surface area contributed by atoms with Crippen molar-refractivity contribution in [1.82, 2.24) is 0 Å². The van der Waals surface area contributed by atoms with Crippen molar-refractivity contribution in [1.29, 1.82) is 0 Å². The number of benzene rings is 3. The highest BCUT2D eigenvalue weighted by molar-refractivity contribution is 5.81. The minimum Gasteiger partial charge on any atom is -0.458 e. The highest BCUT2D eigenvalue weighted by Gasteiger charge is 2.14. The van der Waals surface area contributed by atoms with Crippen LogP contribution in [-0.4, -0.2) is 11.9 Å². The molecule has 0 radical (unpaired) electrons. The van der Waals surface area contributed by atoms with E-state index in [1.165, 1.54) is 11.1 Å². The molecule has 0 aliphatic rings. The van der Waals surface area contributed by atoms with Crippen LogP contribution in [0.2, 0.25) is 0 Å². The first-order valence-electron chi connectivity index (χ1n) is 10.5. The van der Waals surface area contributed by atoms with E-state index in [1.54, 1.807) is 0 Å². The van der Waals surface area contributed by atoms with E-state index in [2.05, 4.69) is 50.1 Å². The Morgan fingerprint density at radius 1 is 0.697 bits per heavy atom. The summed E-state index contributed by atoms with van der Waals surface area (Å²) < 4.78 is 10.2. The van der Waals surface area contributed by atoms with Crippen LogP contribution in [0.4, 0.5) is 17.1 Å².